The van der Waals surface area contributed by atoms with Crippen LogP contribution in [0.5, 0.6) is 28.7 Å². The summed E-state index contributed by atoms with van der Waals surface area (Å²) in [6.07, 6.45) is 5.92. The third-order valence-electron chi connectivity index (χ3n) is 5.81. The Balaban J connectivity index is 0.00000126. The van der Waals surface area contributed by atoms with Gasteiger partial charge in [-0.3, -0.25) is 0 Å². The van der Waals surface area contributed by atoms with E-state index in [4.69, 9.17) is 18.9 Å². The molecule has 172 valence electrons. The maximum Gasteiger partial charge on any atom is 0.231 e. The molecule has 0 saturated heterocycles. The lowest BCUT2D eigenvalue weighted by Gasteiger charge is -2.34. The Kier molecular flexibility index (Phi) is 7.08. The number of fused-ring (bicyclic) bond motifs is 2. The molecule has 5 nitrogen and oxygen atoms in total. The molecule has 0 radical (unpaired) electrons. The lowest BCUT2D eigenvalue weighted by Crippen LogP contribution is -2.25. The number of methoxy groups -OCH3 is 1. The molecule has 1 N–H and O–H groups in total. The van der Waals surface area contributed by atoms with Crippen LogP contribution in [0.2, 0.25) is 0 Å². The molecule has 5 rings (SSSR count). The van der Waals surface area contributed by atoms with Crippen molar-refractivity contribution in [3.63, 3.8) is 0 Å². The van der Waals surface area contributed by atoms with E-state index in [0.29, 0.717) is 0 Å². The van der Waals surface area contributed by atoms with Crippen LogP contribution in [-0.4, -0.2) is 19.0 Å². The van der Waals surface area contributed by atoms with E-state index in [9.17, 15) is 5.11 Å². The molecule has 33 heavy (non-hydrogen) atoms. The number of allylic oxidation sites excluding steroid dienone is 1. The quantitative estimate of drug-likeness (QED) is 0.481. The molecule has 2 aliphatic rings. The second-order valence-electron chi connectivity index (χ2n) is 7.82. The van der Waals surface area contributed by atoms with Gasteiger partial charge in [-0.1, -0.05) is 50.3 Å². The number of phenolic OH excluding ortho intramolecular Hbond substituents is 1. The lowest BCUT2D eigenvalue weighted by atomic mass is 9.84. The van der Waals surface area contributed by atoms with Crippen LogP contribution in [0.4, 0.5) is 0 Å². The van der Waals surface area contributed by atoms with Crippen LogP contribution in [0.1, 0.15) is 43.1 Å². The monoisotopic (exact) mass is 446 g/mol. The van der Waals surface area contributed by atoms with E-state index >= 15 is 0 Å². The van der Waals surface area contributed by atoms with Crippen molar-refractivity contribution in [3.8, 4) is 28.7 Å². The van der Waals surface area contributed by atoms with Crippen molar-refractivity contribution in [2.75, 3.05) is 13.9 Å². The second kappa shape index (κ2) is 10.3. The molecule has 0 aliphatic carbocycles. The van der Waals surface area contributed by atoms with Crippen LogP contribution >= 0.6 is 0 Å². The van der Waals surface area contributed by atoms with E-state index in [1.54, 1.807) is 19.2 Å². The summed E-state index contributed by atoms with van der Waals surface area (Å²) < 4.78 is 22.8. The minimum atomic E-state index is -0.117. The average Bonchev–Trinajstić information content (AvgIpc) is 3.32. The van der Waals surface area contributed by atoms with Gasteiger partial charge >= 0.3 is 0 Å². The van der Waals surface area contributed by atoms with Crippen molar-refractivity contribution in [1.29, 1.82) is 0 Å². The molecule has 0 amide bonds. The summed E-state index contributed by atoms with van der Waals surface area (Å²) in [6.45, 7) is 4.24. The number of hydrogen-bond acceptors (Lipinski definition) is 5. The highest BCUT2D eigenvalue weighted by molar-refractivity contribution is 5.54. The summed E-state index contributed by atoms with van der Waals surface area (Å²) in [6, 6.07) is 19.2. The molecule has 0 aromatic heterocycles. The first-order chi connectivity index (χ1) is 16.2. The van der Waals surface area contributed by atoms with E-state index in [1.807, 2.05) is 62.4 Å². The maximum absolute atomic E-state index is 9.70. The SMILES string of the molecule is CC.COc1ccc(/C=C/CC2Cc3cc4c(cc3OC2c2ccc(O)cc2)OCO4)cc1. The smallest absolute Gasteiger partial charge is 0.231 e. The molecule has 0 saturated carbocycles. The van der Waals surface area contributed by atoms with Crippen molar-refractivity contribution in [1.82, 2.24) is 0 Å². The Labute approximate surface area is 195 Å². The number of phenols is 1. The topological polar surface area (TPSA) is 57.2 Å². The first-order valence-corrected chi connectivity index (χ1v) is 11.4. The Morgan fingerprint density at radius 1 is 0.939 bits per heavy atom. The van der Waals surface area contributed by atoms with Crippen LogP contribution in [0, 0.1) is 5.92 Å². The van der Waals surface area contributed by atoms with Crippen molar-refractivity contribution < 1.29 is 24.1 Å². The summed E-state index contributed by atoms with van der Waals surface area (Å²) in [5.41, 5.74) is 3.30. The fraction of sp³-hybridized carbons (Fsp3) is 0.286. The molecule has 2 heterocycles. The molecular formula is C28H30O5. The third-order valence-corrected chi connectivity index (χ3v) is 5.81. The molecule has 3 aromatic rings. The van der Waals surface area contributed by atoms with Crippen molar-refractivity contribution in [3.05, 3.63) is 83.4 Å². The number of rotatable bonds is 5. The predicted octanol–water partition coefficient (Wildman–Crippen LogP) is 6.55. The standard InChI is InChI=1S/C26H24O5.C2H6/c1-28-22-11-5-17(6-12-22)3-2-4-19-13-20-14-24-25(30-16-29-24)15-23(20)31-26(19)18-7-9-21(27)10-8-18;1-2/h2-3,5-12,14-15,19,26-27H,4,13,16H2,1H3;1-2H3/b3-2+;. The Bertz CT molecular complexity index is 1090. The van der Waals surface area contributed by atoms with E-state index in [2.05, 4.69) is 12.2 Å². The van der Waals surface area contributed by atoms with Crippen LogP contribution in [-0.2, 0) is 6.42 Å². The van der Waals surface area contributed by atoms with Gasteiger partial charge in [-0.15, -0.1) is 0 Å². The third kappa shape index (κ3) is 5.08. The van der Waals surface area contributed by atoms with Crippen LogP contribution in [0.3, 0.4) is 0 Å². The minimum Gasteiger partial charge on any atom is -0.508 e. The van der Waals surface area contributed by atoms with Crippen molar-refractivity contribution in [2.24, 2.45) is 5.92 Å². The fourth-order valence-corrected chi connectivity index (χ4v) is 4.16. The highest BCUT2D eigenvalue weighted by Crippen LogP contribution is 2.46. The van der Waals surface area contributed by atoms with Crippen molar-refractivity contribution in [2.45, 2.75) is 32.8 Å². The van der Waals surface area contributed by atoms with Gasteiger partial charge in [0.25, 0.3) is 0 Å². The molecule has 2 aliphatic heterocycles. The minimum absolute atomic E-state index is 0.117. The van der Waals surface area contributed by atoms with Gasteiger partial charge in [0.15, 0.2) is 11.5 Å². The fourth-order valence-electron chi connectivity index (χ4n) is 4.16. The number of ether oxygens (including phenoxy) is 4. The normalized spacial score (nSPS) is 18.2. The second-order valence-corrected chi connectivity index (χ2v) is 7.82. The molecule has 5 heteroatoms. The van der Waals surface area contributed by atoms with Gasteiger partial charge in [-0.05, 0) is 59.9 Å². The summed E-state index contributed by atoms with van der Waals surface area (Å²) in [4.78, 5) is 0. The van der Waals surface area contributed by atoms with E-state index in [1.165, 1.54) is 0 Å². The van der Waals surface area contributed by atoms with E-state index < -0.39 is 0 Å². The van der Waals surface area contributed by atoms with Gasteiger partial charge in [-0.25, -0.2) is 0 Å². The van der Waals surface area contributed by atoms with E-state index in [0.717, 1.165) is 52.5 Å². The van der Waals surface area contributed by atoms with Crippen LogP contribution < -0.4 is 18.9 Å². The van der Waals surface area contributed by atoms with Crippen molar-refractivity contribution >= 4 is 6.08 Å². The molecule has 2 unspecified atom stereocenters. The average molecular weight is 447 g/mol. The highest BCUT2D eigenvalue weighted by Gasteiger charge is 2.32. The zero-order chi connectivity index (χ0) is 23.2. The lowest BCUT2D eigenvalue weighted by molar-refractivity contribution is 0.114. The predicted molar refractivity (Wildman–Crippen MR) is 129 cm³/mol. The maximum atomic E-state index is 9.70. The molecule has 3 aromatic carbocycles. The van der Waals surface area contributed by atoms with Gasteiger partial charge < -0.3 is 24.1 Å². The van der Waals surface area contributed by atoms with Gasteiger partial charge in [0.2, 0.25) is 6.79 Å². The first-order valence-electron chi connectivity index (χ1n) is 11.4. The highest BCUT2D eigenvalue weighted by atomic mass is 16.7. The number of benzene rings is 3. The van der Waals surface area contributed by atoms with E-state index in [-0.39, 0.29) is 24.6 Å². The van der Waals surface area contributed by atoms with Gasteiger partial charge in [0, 0.05) is 12.0 Å². The molecule has 0 spiro atoms. The summed E-state index contributed by atoms with van der Waals surface area (Å²) in [7, 11) is 1.67. The largest absolute Gasteiger partial charge is 0.508 e. The van der Waals surface area contributed by atoms with Gasteiger partial charge in [0.1, 0.15) is 23.4 Å². The molecular weight excluding hydrogens is 416 g/mol. The molecule has 0 fully saturated rings. The Morgan fingerprint density at radius 3 is 2.33 bits per heavy atom. The number of aromatic hydroxyl groups is 1. The summed E-state index contributed by atoms with van der Waals surface area (Å²) >= 11 is 0. The Hall–Kier alpha value is -3.60. The van der Waals surface area contributed by atoms with Gasteiger partial charge in [0.05, 0.1) is 7.11 Å². The zero-order valence-electron chi connectivity index (χ0n) is 19.3. The Morgan fingerprint density at radius 2 is 1.64 bits per heavy atom. The first kappa shape index (κ1) is 22.6. The van der Waals surface area contributed by atoms with Crippen LogP contribution in [0.15, 0.2) is 66.7 Å². The molecule has 2 atom stereocenters. The molecule has 0 bridgehead atoms. The summed E-state index contributed by atoms with van der Waals surface area (Å²) in [5.74, 6) is 3.67. The van der Waals surface area contributed by atoms with Gasteiger partial charge in [-0.2, -0.15) is 0 Å². The van der Waals surface area contributed by atoms with Crippen LogP contribution in [0.25, 0.3) is 6.08 Å². The number of hydrogen-bond donors (Lipinski definition) is 1. The zero-order valence-corrected chi connectivity index (χ0v) is 19.3. The summed E-state index contributed by atoms with van der Waals surface area (Å²) in [5, 5.41) is 9.70.